The molecular weight excluding hydrogens is 368 g/mol. The summed E-state index contributed by atoms with van der Waals surface area (Å²) in [6.45, 7) is 3.69. The molecule has 0 saturated heterocycles. The number of esters is 1. The van der Waals surface area contributed by atoms with Gasteiger partial charge in [-0.3, -0.25) is 0 Å². The van der Waals surface area contributed by atoms with Gasteiger partial charge in [0.15, 0.2) is 0 Å². The molecule has 0 amide bonds. The molecule has 6 heteroatoms. The molecule has 1 saturated carbocycles. The summed E-state index contributed by atoms with van der Waals surface area (Å²) in [5, 5.41) is 38.4. The number of rotatable bonds is 5. The largest absolute Gasteiger partial charge is 0.459 e. The zero-order valence-corrected chi connectivity index (χ0v) is 17.0. The Bertz CT molecular complexity index is 811. The topological polar surface area (TPSA) is 114 Å². The van der Waals surface area contributed by atoms with E-state index in [-0.39, 0.29) is 23.6 Å². The second kappa shape index (κ2) is 10.8. The summed E-state index contributed by atoms with van der Waals surface area (Å²) in [5.41, 5.74) is 2.23. The van der Waals surface area contributed by atoms with Crippen LogP contribution >= 0.6 is 0 Å². The van der Waals surface area contributed by atoms with E-state index in [1.54, 1.807) is 6.08 Å². The summed E-state index contributed by atoms with van der Waals surface area (Å²) in [4.78, 5) is 11.8. The maximum atomic E-state index is 11.8. The standard InChI is InChI=1S/C23H28N2O4/c1-15(2)9-23(28)29-20-6-3-16(4-7-20)10-18(13-24)19(14-25)11-17-5-8-21(26)22(27)12-17/h9-12,16,20-22,26-27H,3-8H2,1-2H3/b18-10+,19-11+/t16?,20?,21-,22+/m1/s1. The molecule has 2 N–H and O–H groups in total. The van der Waals surface area contributed by atoms with Crippen molar-refractivity contribution in [2.75, 3.05) is 0 Å². The second-order valence-electron chi connectivity index (χ2n) is 7.90. The van der Waals surface area contributed by atoms with Crippen LogP contribution in [0.2, 0.25) is 0 Å². The molecule has 0 spiro atoms. The first-order valence-electron chi connectivity index (χ1n) is 9.98. The monoisotopic (exact) mass is 396 g/mol. The van der Waals surface area contributed by atoms with E-state index >= 15 is 0 Å². The van der Waals surface area contributed by atoms with Gasteiger partial charge in [-0.2, -0.15) is 10.5 Å². The fraction of sp³-hybridized carbons (Fsp3) is 0.522. The molecule has 0 unspecified atom stereocenters. The third kappa shape index (κ3) is 7.02. The van der Waals surface area contributed by atoms with Gasteiger partial charge in [-0.15, -0.1) is 0 Å². The number of carbonyl (C=O) groups excluding carboxylic acids is 1. The molecule has 154 valence electrons. The fourth-order valence-electron chi connectivity index (χ4n) is 3.61. The van der Waals surface area contributed by atoms with Crippen molar-refractivity contribution in [3.63, 3.8) is 0 Å². The Labute approximate surface area is 172 Å². The summed E-state index contributed by atoms with van der Waals surface area (Å²) in [6.07, 6.45) is 8.60. The van der Waals surface area contributed by atoms with Gasteiger partial charge in [0.2, 0.25) is 0 Å². The third-order valence-corrected chi connectivity index (χ3v) is 5.18. The highest BCUT2D eigenvalue weighted by Crippen LogP contribution is 2.30. The molecule has 2 rings (SSSR count). The quantitative estimate of drug-likeness (QED) is 0.319. The Balaban J connectivity index is 2.03. The normalized spacial score (nSPS) is 27.9. The molecular formula is C23H28N2O4. The Morgan fingerprint density at radius 3 is 2.31 bits per heavy atom. The van der Waals surface area contributed by atoms with E-state index in [0.717, 1.165) is 36.8 Å². The lowest BCUT2D eigenvalue weighted by Gasteiger charge is -2.26. The molecule has 29 heavy (non-hydrogen) atoms. The van der Waals surface area contributed by atoms with Crippen LogP contribution in [0.3, 0.4) is 0 Å². The maximum Gasteiger partial charge on any atom is 0.330 e. The van der Waals surface area contributed by atoms with Crippen molar-refractivity contribution >= 4 is 5.97 Å². The highest BCUT2D eigenvalue weighted by Gasteiger charge is 2.24. The number of aliphatic hydroxyl groups is 2. The molecule has 0 aromatic heterocycles. The summed E-state index contributed by atoms with van der Waals surface area (Å²) < 4.78 is 5.45. The van der Waals surface area contributed by atoms with E-state index in [1.165, 1.54) is 12.2 Å². The number of aliphatic hydroxyl groups excluding tert-OH is 2. The minimum Gasteiger partial charge on any atom is -0.459 e. The summed E-state index contributed by atoms with van der Waals surface area (Å²) in [7, 11) is 0. The summed E-state index contributed by atoms with van der Waals surface area (Å²) >= 11 is 0. The first-order valence-corrected chi connectivity index (χ1v) is 9.98. The maximum absolute atomic E-state index is 11.8. The SMILES string of the molecule is CC(C)=CC(=O)OC1CCC(/C=C(C#N)/C(C#N)=C/C2=C[C@H](O)[C@H](O)CC2)CC1. The number of nitriles is 2. The van der Waals surface area contributed by atoms with Gasteiger partial charge < -0.3 is 14.9 Å². The number of ether oxygens (including phenoxy) is 1. The first-order chi connectivity index (χ1) is 13.8. The van der Waals surface area contributed by atoms with E-state index in [2.05, 4.69) is 12.1 Å². The zero-order valence-electron chi connectivity index (χ0n) is 17.0. The smallest absolute Gasteiger partial charge is 0.330 e. The van der Waals surface area contributed by atoms with Crippen LogP contribution in [0.4, 0.5) is 0 Å². The van der Waals surface area contributed by atoms with E-state index in [9.17, 15) is 25.5 Å². The van der Waals surface area contributed by atoms with Crippen molar-refractivity contribution in [1.82, 2.24) is 0 Å². The molecule has 2 aliphatic carbocycles. The fourth-order valence-corrected chi connectivity index (χ4v) is 3.61. The van der Waals surface area contributed by atoms with Gasteiger partial charge in [-0.25, -0.2) is 4.79 Å². The van der Waals surface area contributed by atoms with Crippen LogP contribution in [0, 0.1) is 28.6 Å². The number of hydrogen-bond acceptors (Lipinski definition) is 6. The van der Waals surface area contributed by atoms with Crippen molar-refractivity contribution in [3.05, 3.63) is 46.6 Å². The Kier molecular flexibility index (Phi) is 8.39. The average molecular weight is 396 g/mol. The number of hydrogen-bond donors (Lipinski definition) is 2. The van der Waals surface area contributed by atoms with Crippen molar-refractivity contribution in [1.29, 1.82) is 10.5 Å². The van der Waals surface area contributed by atoms with Crippen molar-refractivity contribution in [2.24, 2.45) is 5.92 Å². The molecule has 0 aromatic rings. The highest BCUT2D eigenvalue weighted by atomic mass is 16.5. The summed E-state index contributed by atoms with van der Waals surface area (Å²) in [5.74, 6) is -0.169. The van der Waals surface area contributed by atoms with Gasteiger partial charge in [-0.05, 0) is 69.9 Å². The molecule has 6 nitrogen and oxygen atoms in total. The van der Waals surface area contributed by atoms with Crippen molar-refractivity contribution < 1.29 is 19.7 Å². The molecule has 0 heterocycles. The molecule has 2 aliphatic rings. The Hall–Kier alpha value is -2.67. The van der Waals surface area contributed by atoms with Crippen LogP contribution in [0.1, 0.15) is 52.4 Å². The molecule has 0 aromatic carbocycles. The van der Waals surface area contributed by atoms with Gasteiger partial charge in [0, 0.05) is 6.08 Å². The first kappa shape index (κ1) is 22.6. The Morgan fingerprint density at radius 2 is 1.76 bits per heavy atom. The van der Waals surface area contributed by atoms with Crippen molar-refractivity contribution in [3.8, 4) is 12.1 Å². The van der Waals surface area contributed by atoms with Crippen LogP contribution in [-0.4, -0.2) is 34.5 Å². The van der Waals surface area contributed by atoms with Gasteiger partial charge in [0.1, 0.15) is 18.2 Å². The van der Waals surface area contributed by atoms with Crippen molar-refractivity contribution in [2.45, 2.75) is 70.7 Å². The van der Waals surface area contributed by atoms with Crippen LogP contribution < -0.4 is 0 Å². The number of allylic oxidation sites excluding steroid dienone is 6. The van der Waals surface area contributed by atoms with E-state index in [1.807, 2.05) is 19.9 Å². The van der Waals surface area contributed by atoms with Gasteiger partial charge in [0.05, 0.1) is 23.4 Å². The number of carbonyl (C=O) groups is 1. The summed E-state index contributed by atoms with van der Waals surface area (Å²) in [6, 6.07) is 4.19. The minimum atomic E-state index is -0.950. The second-order valence-corrected chi connectivity index (χ2v) is 7.90. The van der Waals surface area contributed by atoms with Crippen LogP contribution in [-0.2, 0) is 9.53 Å². The lowest BCUT2D eigenvalue weighted by atomic mass is 9.85. The predicted molar refractivity (Wildman–Crippen MR) is 108 cm³/mol. The molecule has 2 atom stereocenters. The zero-order chi connectivity index (χ0) is 21.4. The number of nitrogens with zero attached hydrogens (tertiary/aromatic N) is 2. The van der Waals surface area contributed by atoms with Crippen LogP contribution in [0.25, 0.3) is 0 Å². The van der Waals surface area contributed by atoms with E-state index in [0.29, 0.717) is 18.4 Å². The molecule has 1 fully saturated rings. The van der Waals surface area contributed by atoms with Gasteiger partial charge in [0.25, 0.3) is 0 Å². The predicted octanol–water partition coefficient (Wildman–Crippen LogP) is 3.40. The van der Waals surface area contributed by atoms with E-state index < -0.39 is 12.2 Å². The minimum absolute atomic E-state index is 0.112. The van der Waals surface area contributed by atoms with E-state index in [4.69, 9.17) is 4.74 Å². The van der Waals surface area contributed by atoms with Crippen LogP contribution in [0.5, 0.6) is 0 Å². The lowest BCUT2D eigenvalue weighted by molar-refractivity contribution is -0.144. The van der Waals surface area contributed by atoms with Gasteiger partial charge >= 0.3 is 5.97 Å². The third-order valence-electron chi connectivity index (χ3n) is 5.18. The molecule has 0 radical (unpaired) electrons. The molecule has 0 aliphatic heterocycles. The Morgan fingerprint density at radius 1 is 1.10 bits per heavy atom. The molecule has 0 bridgehead atoms. The van der Waals surface area contributed by atoms with Gasteiger partial charge in [-0.1, -0.05) is 17.7 Å². The average Bonchev–Trinajstić information content (AvgIpc) is 2.68. The van der Waals surface area contributed by atoms with Crippen LogP contribution in [0.15, 0.2) is 46.6 Å². The highest BCUT2D eigenvalue weighted by molar-refractivity contribution is 5.82. The lowest BCUT2D eigenvalue weighted by Crippen LogP contribution is -2.27.